The molecule has 0 amide bonds. The Hall–Kier alpha value is -9.56. The number of benzene rings is 6. The summed E-state index contributed by atoms with van der Waals surface area (Å²) in [5.41, 5.74) is -8.54. The van der Waals surface area contributed by atoms with E-state index in [4.69, 9.17) is 19.7 Å². The zero-order valence-electron chi connectivity index (χ0n) is 48.7. The number of nitrogens with one attached hydrogen (secondary N) is 2. The van der Waals surface area contributed by atoms with Gasteiger partial charge in [0.15, 0.2) is 23.1 Å². The van der Waals surface area contributed by atoms with Gasteiger partial charge in [0, 0.05) is 46.5 Å². The molecule has 0 aliphatic heterocycles. The predicted molar refractivity (Wildman–Crippen MR) is 312 cm³/mol. The van der Waals surface area contributed by atoms with Crippen LogP contribution in [0.4, 0.5) is 43.9 Å². The Kier molecular flexibility index (Phi) is 22.4. The van der Waals surface area contributed by atoms with Gasteiger partial charge < -0.3 is 30.3 Å². The monoisotopic (exact) mass is 1260 g/mol. The first-order chi connectivity index (χ1) is 42.7. The van der Waals surface area contributed by atoms with Crippen LogP contribution < -0.4 is 42.6 Å². The number of methoxy groups -OCH3 is 2. The van der Waals surface area contributed by atoms with Crippen molar-refractivity contribution in [3.63, 3.8) is 0 Å². The van der Waals surface area contributed by atoms with E-state index in [1.165, 1.54) is 64.5 Å². The number of halogens is 10. The number of alkyl halides is 6. The maximum absolute atomic E-state index is 15.6. The van der Waals surface area contributed by atoms with Crippen LogP contribution in [0.25, 0.3) is 22.3 Å². The molecule has 16 nitrogen and oxygen atoms in total. The number of carboxylic acids is 2. The van der Waals surface area contributed by atoms with Crippen molar-refractivity contribution in [2.45, 2.75) is 90.1 Å². The minimum absolute atomic E-state index is 0.144. The smallest absolute Gasteiger partial charge is 0.416 e. The summed E-state index contributed by atoms with van der Waals surface area (Å²) >= 11 is 0. The molecule has 6 aromatic carbocycles. The van der Waals surface area contributed by atoms with E-state index in [-0.39, 0.29) is 97.0 Å². The predicted octanol–water partition coefficient (Wildman–Crippen LogP) is 11.1. The molecular formula is C64H60F10N6O10. The van der Waals surface area contributed by atoms with Crippen molar-refractivity contribution in [1.82, 2.24) is 28.9 Å². The Morgan fingerprint density at radius 1 is 0.489 bits per heavy atom. The largest absolute Gasteiger partial charge is 0.494 e. The number of ether oxygens (including phenoxy) is 2. The van der Waals surface area contributed by atoms with Crippen molar-refractivity contribution in [2.24, 2.45) is 0 Å². The summed E-state index contributed by atoms with van der Waals surface area (Å²) in [6, 6.07) is 28.5. The lowest BCUT2D eigenvalue weighted by Gasteiger charge is -2.23. The van der Waals surface area contributed by atoms with Gasteiger partial charge in [-0.2, -0.15) is 26.3 Å². The highest BCUT2D eigenvalue weighted by molar-refractivity contribution is 5.69. The van der Waals surface area contributed by atoms with Crippen molar-refractivity contribution < 1.29 is 73.2 Å². The lowest BCUT2D eigenvalue weighted by Crippen LogP contribution is -2.45. The topological polar surface area (TPSA) is 205 Å². The van der Waals surface area contributed by atoms with Crippen molar-refractivity contribution >= 4 is 11.9 Å². The first kappa shape index (κ1) is 67.9. The van der Waals surface area contributed by atoms with Crippen LogP contribution in [-0.2, 0) is 48.1 Å². The van der Waals surface area contributed by atoms with Gasteiger partial charge in [0.2, 0.25) is 0 Å². The summed E-state index contributed by atoms with van der Waals surface area (Å²) in [6.45, 7) is 0.362. The van der Waals surface area contributed by atoms with E-state index in [0.717, 1.165) is 42.5 Å². The van der Waals surface area contributed by atoms with Crippen molar-refractivity contribution in [2.75, 3.05) is 27.3 Å². The highest BCUT2D eigenvalue weighted by Crippen LogP contribution is 2.37. The van der Waals surface area contributed by atoms with Crippen LogP contribution in [0, 0.1) is 37.1 Å². The number of nitrogens with zero attached hydrogens (tertiary/aromatic N) is 4. The summed E-state index contributed by atoms with van der Waals surface area (Å²) in [4.78, 5) is 78.0. The molecule has 0 radical (unpaired) electrons. The van der Waals surface area contributed by atoms with E-state index in [2.05, 4.69) is 10.6 Å². The van der Waals surface area contributed by atoms with Crippen LogP contribution in [0.2, 0.25) is 0 Å². The molecular weight excluding hydrogens is 1200 g/mol. The fourth-order valence-corrected chi connectivity index (χ4v) is 10.3. The maximum Gasteiger partial charge on any atom is 0.416 e. The molecule has 0 bridgehead atoms. The highest BCUT2D eigenvalue weighted by Gasteiger charge is 2.37. The zero-order chi connectivity index (χ0) is 65.8. The standard InChI is InChI=1S/2C32H30F5N3O5/c2*1-19-28(21-11-6-14-26(45-2)29(21)34)30(43)40(18-25(20-9-4-3-5-10-20)38-16-8-15-27(41)42)31(44)39(19)17-22-23(32(35,36)37)12-7-13-24(22)33/h2*3-7,9-14,25,38H,8,15-18H2,1-2H3,(H,41,42)/t2*25-/m00/s1. The summed E-state index contributed by atoms with van der Waals surface area (Å²) in [7, 11) is 2.43. The third kappa shape index (κ3) is 15.8. The second-order valence-corrected chi connectivity index (χ2v) is 20.5. The Morgan fingerprint density at radius 3 is 1.16 bits per heavy atom. The first-order valence-electron chi connectivity index (χ1n) is 27.7. The van der Waals surface area contributed by atoms with E-state index in [0.29, 0.717) is 23.3 Å². The van der Waals surface area contributed by atoms with E-state index in [1.54, 1.807) is 60.7 Å². The number of carboxylic acid groups (broad SMARTS) is 2. The molecule has 26 heteroatoms. The summed E-state index contributed by atoms with van der Waals surface area (Å²) in [5.74, 6) is -6.77. The van der Waals surface area contributed by atoms with Crippen molar-refractivity contribution in [3.05, 3.63) is 243 Å². The molecule has 0 unspecified atom stereocenters. The maximum atomic E-state index is 15.6. The number of aliphatic carboxylic acids is 2. The number of carbonyl (C=O) groups is 2. The minimum Gasteiger partial charge on any atom is -0.494 e. The van der Waals surface area contributed by atoms with E-state index >= 15 is 8.78 Å². The van der Waals surface area contributed by atoms with Gasteiger partial charge in [-0.3, -0.25) is 37.4 Å². The van der Waals surface area contributed by atoms with Gasteiger partial charge in [-0.05, 0) is 87.3 Å². The van der Waals surface area contributed by atoms with Crippen LogP contribution in [0.5, 0.6) is 11.5 Å². The Bertz CT molecular complexity index is 3870. The molecule has 0 aliphatic rings. The molecule has 90 heavy (non-hydrogen) atoms. The Morgan fingerprint density at radius 2 is 0.833 bits per heavy atom. The average Bonchev–Trinajstić information content (AvgIpc) is 0.870. The summed E-state index contributed by atoms with van der Waals surface area (Å²) < 4.78 is 158. The van der Waals surface area contributed by atoms with E-state index in [1.807, 2.05) is 0 Å². The second-order valence-electron chi connectivity index (χ2n) is 20.5. The van der Waals surface area contributed by atoms with Gasteiger partial charge in [0.25, 0.3) is 11.1 Å². The van der Waals surface area contributed by atoms with Gasteiger partial charge >= 0.3 is 35.7 Å². The average molecular weight is 1260 g/mol. The van der Waals surface area contributed by atoms with Gasteiger partial charge in [-0.25, -0.2) is 27.2 Å². The molecule has 8 aromatic rings. The number of hydrogen-bond acceptors (Lipinski definition) is 10. The quantitative estimate of drug-likeness (QED) is 0.0330. The molecule has 2 atom stereocenters. The summed E-state index contributed by atoms with van der Waals surface area (Å²) in [6.07, 6.45) is -9.75. The molecule has 4 N–H and O–H groups in total. The van der Waals surface area contributed by atoms with E-state index in [9.17, 15) is 63.9 Å². The third-order valence-corrected chi connectivity index (χ3v) is 14.8. The molecule has 2 aromatic heterocycles. The number of rotatable bonds is 24. The van der Waals surface area contributed by atoms with Crippen LogP contribution in [0.3, 0.4) is 0 Å². The number of hydrogen-bond donors (Lipinski definition) is 4. The SMILES string of the molecule is COc1cccc(-c2c(C)n(Cc3c(F)cccc3C(F)(F)F)c(=O)n(C[C@H](NCCCC(=O)O)c3ccccc3)c2=O)c1F.COc1cccc(-c2c(C)n(Cc3c(F)cccc3C(F)(F)F)c(=O)n(C[C@H](NCCCC(=O)O)c3ccccc3)c2=O)c1F. The first-order valence-corrected chi connectivity index (χ1v) is 27.7. The van der Waals surface area contributed by atoms with Gasteiger partial charge in [-0.15, -0.1) is 0 Å². The lowest BCUT2D eigenvalue weighted by atomic mass is 10.0. The van der Waals surface area contributed by atoms with Gasteiger partial charge in [0.1, 0.15) is 11.6 Å². The molecule has 0 spiro atoms. The summed E-state index contributed by atoms with van der Waals surface area (Å²) in [5, 5.41) is 24.3. The third-order valence-electron chi connectivity index (χ3n) is 14.8. The molecule has 2 heterocycles. The Labute approximate surface area is 506 Å². The second kappa shape index (κ2) is 29.6. The van der Waals surface area contributed by atoms with E-state index < -0.39 is 117 Å². The van der Waals surface area contributed by atoms with Crippen molar-refractivity contribution in [1.29, 1.82) is 0 Å². The van der Waals surface area contributed by atoms with Crippen LogP contribution in [-0.4, -0.2) is 67.7 Å². The van der Waals surface area contributed by atoms with Crippen LogP contribution in [0.15, 0.2) is 153 Å². The molecule has 0 aliphatic carbocycles. The lowest BCUT2D eigenvalue weighted by molar-refractivity contribution is -0.139. The minimum atomic E-state index is -4.95. The van der Waals surface area contributed by atoms with Crippen molar-refractivity contribution in [3.8, 4) is 33.8 Å². The fourth-order valence-electron chi connectivity index (χ4n) is 10.3. The Balaban J connectivity index is 0.000000256. The normalized spacial score (nSPS) is 12.2. The zero-order valence-corrected chi connectivity index (χ0v) is 48.7. The highest BCUT2D eigenvalue weighted by atomic mass is 19.4. The van der Waals surface area contributed by atoms with Gasteiger partial charge in [0.05, 0.1) is 74.7 Å². The van der Waals surface area contributed by atoms with Gasteiger partial charge in [-0.1, -0.05) is 97.1 Å². The molecule has 0 saturated heterocycles. The van der Waals surface area contributed by atoms with Crippen LogP contribution >= 0.6 is 0 Å². The molecule has 8 rings (SSSR count). The van der Waals surface area contributed by atoms with Crippen LogP contribution in [0.1, 0.15) is 82.5 Å². The molecule has 476 valence electrons. The fraction of sp³-hybridized carbons (Fsp3) is 0.281. The molecule has 0 saturated carbocycles. The molecule has 0 fully saturated rings. The number of aromatic nitrogens is 4.